The van der Waals surface area contributed by atoms with Gasteiger partial charge in [-0.2, -0.15) is 0 Å². The number of hydrogen-bond acceptors (Lipinski definition) is 3. The third kappa shape index (κ3) is 4.01. The number of rotatable bonds is 4. The molecule has 1 aliphatic rings. The van der Waals surface area contributed by atoms with Gasteiger partial charge in [-0.05, 0) is 42.7 Å². The number of nitrogens with zero attached hydrogens (tertiary/aromatic N) is 1. The van der Waals surface area contributed by atoms with Crippen LogP contribution in [0, 0.1) is 5.41 Å². The summed E-state index contributed by atoms with van der Waals surface area (Å²) in [5.41, 5.74) is 1.40. The third-order valence-corrected chi connectivity index (χ3v) is 4.65. The molecule has 0 radical (unpaired) electrons. The van der Waals surface area contributed by atoms with Crippen molar-refractivity contribution >= 4 is 17.7 Å². The van der Waals surface area contributed by atoms with Gasteiger partial charge in [0.25, 0.3) is 0 Å². The van der Waals surface area contributed by atoms with Crippen molar-refractivity contribution in [1.82, 2.24) is 10.2 Å². The minimum atomic E-state index is -0.102. The van der Waals surface area contributed by atoms with Gasteiger partial charge in [0.2, 0.25) is 5.91 Å². The lowest BCUT2D eigenvalue weighted by molar-refractivity contribution is -0.130. The molecule has 0 bridgehead atoms. The summed E-state index contributed by atoms with van der Waals surface area (Å²) in [5, 5.41) is 3.41. The van der Waals surface area contributed by atoms with Gasteiger partial charge in [0.05, 0.1) is 6.04 Å². The van der Waals surface area contributed by atoms with E-state index in [-0.39, 0.29) is 23.5 Å². The molecule has 2 unspecified atom stereocenters. The van der Waals surface area contributed by atoms with Crippen LogP contribution in [-0.4, -0.2) is 29.6 Å². The highest BCUT2D eigenvalue weighted by Crippen LogP contribution is 2.29. The van der Waals surface area contributed by atoms with Crippen molar-refractivity contribution in [2.24, 2.45) is 5.41 Å². The summed E-state index contributed by atoms with van der Waals surface area (Å²) in [7, 11) is 0. The summed E-state index contributed by atoms with van der Waals surface area (Å²) in [6.07, 6.45) is 3.09. The number of benzene rings is 1. The van der Waals surface area contributed by atoms with Crippen molar-refractivity contribution in [1.29, 1.82) is 0 Å². The zero-order valence-electron chi connectivity index (χ0n) is 13.6. The molecular weight excluding hydrogens is 280 g/mol. The van der Waals surface area contributed by atoms with Crippen LogP contribution in [0.4, 0.5) is 0 Å². The van der Waals surface area contributed by atoms with Crippen LogP contribution in [0.15, 0.2) is 29.2 Å². The lowest BCUT2D eigenvalue weighted by atomic mass is 9.92. The topological polar surface area (TPSA) is 32.3 Å². The molecule has 0 saturated carbocycles. The minimum absolute atomic E-state index is 0.00533. The minimum Gasteiger partial charge on any atom is -0.322 e. The van der Waals surface area contributed by atoms with Gasteiger partial charge in [-0.3, -0.25) is 10.1 Å². The van der Waals surface area contributed by atoms with Crippen LogP contribution in [0.5, 0.6) is 0 Å². The zero-order chi connectivity index (χ0) is 15.6. The van der Waals surface area contributed by atoms with Crippen molar-refractivity contribution in [3.63, 3.8) is 0 Å². The average molecular weight is 306 g/mol. The van der Waals surface area contributed by atoms with Gasteiger partial charge in [-0.15, -0.1) is 11.8 Å². The summed E-state index contributed by atoms with van der Waals surface area (Å²) >= 11 is 1.73. The number of carbonyl (C=O) groups excluding carboxylic acids is 1. The van der Waals surface area contributed by atoms with E-state index < -0.39 is 0 Å². The van der Waals surface area contributed by atoms with Crippen molar-refractivity contribution in [3.05, 3.63) is 29.8 Å². The molecule has 1 saturated heterocycles. The normalized spacial score (nSPS) is 22.9. The first kappa shape index (κ1) is 16.4. The highest BCUT2D eigenvalue weighted by atomic mass is 32.2. The van der Waals surface area contributed by atoms with Crippen molar-refractivity contribution in [2.75, 3.05) is 12.8 Å². The van der Waals surface area contributed by atoms with Crippen LogP contribution in [0.3, 0.4) is 0 Å². The molecule has 4 heteroatoms. The van der Waals surface area contributed by atoms with Crippen LogP contribution in [0.2, 0.25) is 0 Å². The Morgan fingerprint density at radius 3 is 2.38 bits per heavy atom. The number of carbonyl (C=O) groups is 1. The lowest BCUT2D eigenvalue weighted by Gasteiger charge is -2.28. The van der Waals surface area contributed by atoms with Crippen molar-refractivity contribution in [2.45, 2.75) is 51.2 Å². The summed E-state index contributed by atoms with van der Waals surface area (Å²) in [4.78, 5) is 15.6. The second-order valence-electron chi connectivity index (χ2n) is 6.91. The molecule has 0 aliphatic carbocycles. The molecule has 3 nitrogen and oxygen atoms in total. The van der Waals surface area contributed by atoms with Crippen LogP contribution in [0.25, 0.3) is 0 Å². The fourth-order valence-corrected chi connectivity index (χ4v) is 2.94. The van der Waals surface area contributed by atoms with Gasteiger partial charge in [-0.25, -0.2) is 0 Å². The molecule has 0 aromatic heterocycles. The Morgan fingerprint density at radius 1 is 1.24 bits per heavy atom. The van der Waals surface area contributed by atoms with Gasteiger partial charge in [0, 0.05) is 11.4 Å². The molecule has 2 rings (SSSR count). The predicted molar refractivity (Wildman–Crippen MR) is 89.3 cm³/mol. The SMILES string of the molecule is CSc1ccc(C2NC(C)C(=O)N2CCC(C)(C)C)cc1. The van der Waals surface area contributed by atoms with Gasteiger partial charge < -0.3 is 4.90 Å². The van der Waals surface area contributed by atoms with E-state index in [0.717, 1.165) is 13.0 Å². The van der Waals surface area contributed by atoms with E-state index in [0.29, 0.717) is 0 Å². The monoisotopic (exact) mass is 306 g/mol. The Labute approximate surface area is 132 Å². The van der Waals surface area contributed by atoms with Crippen LogP contribution in [0.1, 0.15) is 45.8 Å². The van der Waals surface area contributed by atoms with Crippen molar-refractivity contribution in [3.8, 4) is 0 Å². The molecular formula is C17H26N2OS. The fourth-order valence-electron chi connectivity index (χ4n) is 2.53. The Hall–Kier alpha value is -1.00. The summed E-state index contributed by atoms with van der Waals surface area (Å²) in [6.45, 7) is 9.39. The molecule has 21 heavy (non-hydrogen) atoms. The fraction of sp³-hybridized carbons (Fsp3) is 0.588. The number of thioether (sulfide) groups is 1. The largest absolute Gasteiger partial charge is 0.322 e. The van der Waals surface area contributed by atoms with E-state index in [1.165, 1.54) is 10.5 Å². The molecule has 2 atom stereocenters. The van der Waals surface area contributed by atoms with E-state index in [2.05, 4.69) is 56.6 Å². The Morgan fingerprint density at radius 2 is 1.86 bits per heavy atom. The number of amides is 1. The van der Waals surface area contributed by atoms with E-state index in [1.54, 1.807) is 11.8 Å². The molecule has 1 N–H and O–H groups in total. The second kappa shape index (κ2) is 6.41. The van der Waals surface area contributed by atoms with Crippen LogP contribution < -0.4 is 5.32 Å². The van der Waals surface area contributed by atoms with E-state index >= 15 is 0 Å². The molecule has 1 heterocycles. The Bertz CT molecular complexity index is 493. The second-order valence-corrected chi connectivity index (χ2v) is 7.79. The molecule has 1 aliphatic heterocycles. The van der Waals surface area contributed by atoms with Gasteiger partial charge >= 0.3 is 0 Å². The summed E-state index contributed by atoms with van der Waals surface area (Å²) in [6, 6.07) is 8.39. The summed E-state index contributed by atoms with van der Waals surface area (Å²) < 4.78 is 0. The van der Waals surface area contributed by atoms with Gasteiger partial charge in [0.15, 0.2) is 0 Å². The molecule has 116 valence electrons. The van der Waals surface area contributed by atoms with Crippen LogP contribution >= 0.6 is 11.8 Å². The maximum Gasteiger partial charge on any atom is 0.241 e. The quantitative estimate of drug-likeness (QED) is 0.862. The van der Waals surface area contributed by atoms with E-state index in [9.17, 15) is 4.79 Å². The zero-order valence-corrected chi connectivity index (χ0v) is 14.5. The maximum absolute atomic E-state index is 12.4. The standard InChI is InChI=1S/C17H26N2OS/c1-12-16(20)19(11-10-17(2,3)4)15(18-12)13-6-8-14(21-5)9-7-13/h6-9,12,15,18H,10-11H2,1-5H3. The third-order valence-electron chi connectivity index (χ3n) is 3.91. The van der Waals surface area contributed by atoms with Crippen molar-refractivity contribution < 1.29 is 4.79 Å². The molecule has 1 amide bonds. The smallest absolute Gasteiger partial charge is 0.241 e. The van der Waals surface area contributed by atoms with E-state index in [1.807, 2.05) is 11.8 Å². The maximum atomic E-state index is 12.4. The molecule has 0 spiro atoms. The molecule has 1 aromatic carbocycles. The average Bonchev–Trinajstić information content (AvgIpc) is 2.72. The first-order valence-corrected chi connectivity index (χ1v) is 8.75. The van der Waals surface area contributed by atoms with Gasteiger partial charge in [0.1, 0.15) is 6.17 Å². The first-order valence-electron chi connectivity index (χ1n) is 7.52. The Balaban J connectivity index is 2.16. The predicted octanol–water partition coefficient (Wildman–Crippen LogP) is 3.66. The number of hydrogen-bond donors (Lipinski definition) is 1. The van der Waals surface area contributed by atoms with E-state index in [4.69, 9.17) is 0 Å². The van der Waals surface area contributed by atoms with Crippen LogP contribution in [-0.2, 0) is 4.79 Å². The highest BCUT2D eigenvalue weighted by molar-refractivity contribution is 7.98. The first-order chi connectivity index (χ1) is 9.81. The Kier molecular flexibility index (Phi) is 4.99. The van der Waals surface area contributed by atoms with Gasteiger partial charge in [-0.1, -0.05) is 32.9 Å². The highest BCUT2D eigenvalue weighted by Gasteiger charge is 2.37. The molecule has 1 fully saturated rings. The molecule has 1 aromatic rings. The summed E-state index contributed by atoms with van der Waals surface area (Å²) in [5.74, 6) is 0.207. The number of nitrogens with one attached hydrogen (secondary N) is 1. The lowest BCUT2D eigenvalue weighted by Crippen LogP contribution is -2.33.